The van der Waals surface area contributed by atoms with E-state index in [1.54, 1.807) is 6.07 Å². The summed E-state index contributed by atoms with van der Waals surface area (Å²) in [6.45, 7) is 8.28. The lowest BCUT2D eigenvalue weighted by atomic mass is 9.81. The van der Waals surface area contributed by atoms with Gasteiger partial charge in [-0.1, -0.05) is 32.9 Å². The van der Waals surface area contributed by atoms with Crippen LogP contribution in [0.5, 0.6) is 0 Å². The van der Waals surface area contributed by atoms with Gasteiger partial charge < -0.3 is 5.32 Å². The summed E-state index contributed by atoms with van der Waals surface area (Å²) in [5, 5.41) is 3.32. The molecule has 3 heteroatoms. The van der Waals surface area contributed by atoms with Gasteiger partial charge in [-0.3, -0.25) is 0 Å². The zero-order valence-corrected chi connectivity index (χ0v) is 10.1. The molecule has 1 aromatic carbocycles. The second kappa shape index (κ2) is 3.58. The Morgan fingerprint density at radius 1 is 1.31 bits per heavy atom. The fourth-order valence-electron chi connectivity index (χ4n) is 2.05. The van der Waals surface area contributed by atoms with E-state index in [1.165, 1.54) is 6.07 Å². The number of halogens is 1. The van der Waals surface area contributed by atoms with Gasteiger partial charge in [-0.25, -0.2) is 9.38 Å². The monoisotopic (exact) mass is 220 g/mol. The Labute approximate surface area is 95.6 Å². The first-order valence-corrected chi connectivity index (χ1v) is 5.50. The lowest BCUT2D eigenvalue weighted by molar-refractivity contribution is 0.299. The molecule has 1 heterocycles. The Hall–Kier alpha value is -1.38. The van der Waals surface area contributed by atoms with Crippen molar-refractivity contribution in [2.24, 2.45) is 10.4 Å². The molecule has 1 aliphatic heterocycles. The number of hydrogen-bond acceptors (Lipinski definition) is 2. The second-order valence-electron chi connectivity index (χ2n) is 5.32. The van der Waals surface area contributed by atoms with E-state index < -0.39 is 0 Å². The summed E-state index contributed by atoms with van der Waals surface area (Å²) < 4.78 is 13.7. The van der Waals surface area contributed by atoms with Crippen molar-refractivity contribution < 1.29 is 4.39 Å². The number of rotatable bonds is 0. The average molecular weight is 220 g/mol. The van der Waals surface area contributed by atoms with Crippen molar-refractivity contribution in [2.75, 3.05) is 0 Å². The van der Waals surface area contributed by atoms with E-state index in [1.807, 2.05) is 13.0 Å². The quantitative estimate of drug-likeness (QED) is 0.710. The molecular weight excluding hydrogens is 203 g/mol. The number of benzene rings is 1. The summed E-state index contributed by atoms with van der Waals surface area (Å²) in [7, 11) is 0. The molecule has 0 radical (unpaired) electrons. The minimum atomic E-state index is -0.243. The molecule has 1 atom stereocenters. The zero-order chi connectivity index (χ0) is 11.9. The molecule has 0 saturated carbocycles. The summed E-state index contributed by atoms with van der Waals surface area (Å²) in [4.78, 5) is 4.24. The predicted molar refractivity (Wildman–Crippen MR) is 64.5 cm³/mol. The number of amidine groups is 1. The zero-order valence-electron chi connectivity index (χ0n) is 10.1. The van der Waals surface area contributed by atoms with Crippen LogP contribution in [-0.4, -0.2) is 5.84 Å². The molecule has 0 spiro atoms. The van der Waals surface area contributed by atoms with Gasteiger partial charge in [0.15, 0.2) is 0 Å². The summed E-state index contributed by atoms with van der Waals surface area (Å²) in [5.41, 5.74) is 1.46. The predicted octanol–water partition coefficient (Wildman–Crippen LogP) is 3.57. The Bertz CT molecular complexity index is 444. The molecule has 0 aromatic heterocycles. The highest BCUT2D eigenvalue weighted by Gasteiger charge is 2.31. The third kappa shape index (κ3) is 1.82. The van der Waals surface area contributed by atoms with E-state index in [2.05, 4.69) is 31.1 Å². The van der Waals surface area contributed by atoms with Crippen molar-refractivity contribution in [2.45, 2.75) is 33.7 Å². The van der Waals surface area contributed by atoms with Gasteiger partial charge in [-0.15, -0.1) is 0 Å². The number of fused-ring (bicyclic) bond motifs is 1. The van der Waals surface area contributed by atoms with Gasteiger partial charge >= 0.3 is 0 Å². The standard InChI is InChI=1S/C13H17FN2/c1-8-15-11-9(6-5-7-10(11)14)12(16-8)13(2,3)4/h5-7,12H,1-4H3,(H,15,16). The lowest BCUT2D eigenvalue weighted by Crippen LogP contribution is -2.37. The minimum absolute atomic E-state index is 0.0275. The normalized spacial score (nSPS) is 19.8. The molecule has 0 amide bonds. The molecule has 0 bridgehead atoms. The third-order valence-electron chi connectivity index (χ3n) is 2.83. The van der Waals surface area contributed by atoms with Crippen LogP contribution in [-0.2, 0) is 0 Å². The lowest BCUT2D eigenvalue weighted by Gasteiger charge is -2.35. The fourth-order valence-corrected chi connectivity index (χ4v) is 2.05. The molecule has 1 N–H and O–H groups in total. The Kier molecular flexibility index (Phi) is 2.49. The van der Waals surface area contributed by atoms with E-state index in [9.17, 15) is 4.39 Å². The SMILES string of the molecule is CC1=Nc2c(F)cccc2C(C(C)(C)C)N1. The first-order valence-electron chi connectivity index (χ1n) is 5.50. The van der Waals surface area contributed by atoms with Crippen LogP contribution in [0.2, 0.25) is 0 Å². The van der Waals surface area contributed by atoms with Crippen LogP contribution < -0.4 is 5.32 Å². The largest absolute Gasteiger partial charge is 0.366 e. The molecule has 1 unspecified atom stereocenters. The molecule has 2 rings (SSSR count). The van der Waals surface area contributed by atoms with E-state index in [0.29, 0.717) is 5.69 Å². The molecule has 16 heavy (non-hydrogen) atoms. The van der Waals surface area contributed by atoms with Crippen LogP contribution >= 0.6 is 0 Å². The molecule has 0 fully saturated rings. The van der Waals surface area contributed by atoms with Crippen LogP contribution in [0.3, 0.4) is 0 Å². The maximum atomic E-state index is 13.7. The Morgan fingerprint density at radius 3 is 2.62 bits per heavy atom. The van der Waals surface area contributed by atoms with Crippen LogP contribution in [0.4, 0.5) is 10.1 Å². The summed E-state index contributed by atoms with van der Waals surface area (Å²) in [6, 6.07) is 5.25. The van der Waals surface area contributed by atoms with Crippen molar-refractivity contribution in [1.29, 1.82) is 0 Å². The van der Waals surface area contributed by atoms with Crippen molar-refractivity contribution in [3.8, 4) is 0 Å². The average Bonchev–Trinajstić information content (AvgIpc) is 2.17. The van der Waals surface area contributed by atoms with Gasteiger partial charge in [0.2, 0.25) is 0 Å². The maximum absolute atomic E-state index is 13.7. The van der Waals surface area contributed by atoms with Crippen LogP contribution in [0.1, 0.15) is 39.3 Å². The number of aliphatic imine (C=N–C) groups is 1. The van der Waals surface area contributed by atoms with Gasteiger partial charge in [0.05, 0.1) is 11.9 Å². The number of hydrogen-bond donors (Lipinski definition) is 1. The van der Waals surface area contributed by atoms with Crippen molar-refractivity contribution in [3.05, 3.63) is 29.6 Å². The highest BCUT2D eigenvalue weighted by atomic mass is 19.1. The van der Waals surface area contributed by atoms with Gasteiger partial charge in [0, 0.05) is 5.56 Å². The summed E-state index contributed by atoms with van der Waals surface area (Å²) in [5.74, 6) is 0.533. The van der Waals surface area contributed by atoms with Gasteiger partial charge in [-0.2, -0.15) is 0 Å². The molecule has 0 saturated heterocycles. The smallest absolute Gasteiger partial charge is 0.149 e. The van der Waals surface area contributed by atoms with E-state index >= 15 is 0 Å². The first kappa shape index (κ1) is 11.1. The number of para-hydroxylation sites is 1. The number of nitrogens with one attached hydrogen (secondary N) is 1. The maximum Gasteiger partial charge on any atom is 0.149 e. The van der Waals surface area contributed by atoms with Gasteiger partial charge in [-0.05, 0) is 18.4 Å². The first-order chi connectivity index (χ1) is 7.39. The molecule has 1 aromatic rings. The van der Waals surface area contributed by atoms with E-state index in [4.69, 9.17) is 0 Å². The third-order valence-corrected chi connectivity index (χ3v) is 2.83. The molecule has 2 nitrogen and oxygen atoms in total. The van der Waals surface area contributed by atoms with Gasteiger partial charge in [0.25, 0.3) is 0 Å². The van der Waals surface area contributed by atoms with Crippen LogP contribution in [0.25, 0.3) is 0 Å². The van der Waals surface area contributed by atoms with Crippen molar-refractivity contribution >= 4 is 11.5 Å². The Morgan fingerprint density at radius 2 is 2.00 bits per heavy atom. The van der Waals surface area contributed by atoms with Crippen molar-refractivity contribution in [3.63, 3.8) is 0 Å². The number of nitrogens with zero attached hydrogens (tertiary/aromatic N) is 1. The molecule has 0 aliphatic carbocycles. The Balaban J connectivity index is 2.58. The highest BCUT2D eigenvalue weighted by molar-refractivity contribution is 5.85. The second-order valence-corrected chi connectivity index (χ2v) is 5.32. The molecule has 86 valence electrons. The molecular formula is C13H17FN2. The van der Waals surface area contributed by atoms with Gasteiger partial charge in [0.1, 0.15) is 11.5 Å². The topological polar surface area (TPSA) is 24.4 Å². The minimum Gasteiger partial charge on any atom is -0.366 e. The van der Waals surface area contributed by atoms with E-state index in [0.717, 1.165) is 11.4 Å². The molecule has 1 aliphatic rings. The summed E-state index contributed by atoms with van der Waals surface area (Å²) >= 11 is 0. The highest BCUT2D eigenvalue weighted by Crippen LogP contribution is 2.40. The summed E-state index contributed by atoms with van der Waals surface area (Å²) in [6.07, 6.45) is 0. The van der Waals surface area contributed by atoms with Crippen LogP contribution in [0.15, 0.2) is 23.2 Å². The van der Waals surface area contributed by atoms with Crippen molar-refractivity contribution in [1.82, 2.24) is 5.32 Å². The van der Waals surface area contributed by atoms with Crippen LogP contribution in [0, 0.1) is 11.2 Å². The fraction of sp³-hybridized carbons (Fsp3) is 0.462. The van der Waals surface area contributed by atoms with E-state index in [-0.39, 0.29) is 17.3 Å².